The van der Waals surface area contributed by atoms with Gasteiger partial charge < -0.3 is 15.4 Å². The Morgan fingerprint density at radius 2 is 1.74 bits per heavy atom. The molecule has 0 aliphatic carbocycles. The van der Waals surface area contributed by atoms with Crippen LogP contribution < -0.4 is 15.2 Å². The Hall–Kier alpha value is -2.58. The highest BCUT2D eigenvalue weighted by Gasteiger charge is 2.25. The molecule has 0 aromatic heterocycles. The quantitative estimate of drug-likeness (QED) is 0.815. The van der Waals surface area contributed by atoms with Crippen LogP contribution in [-0.4, -0.2) is 45.5 Å². The first-order valence-electron chi connectivity index (χ1n) is 8.71. The predicted molar refractivity (Wildman–Crippen MR) is 103 cm³/mol. The number of para-hydroxylation sites is 1. The van der Waals surface area contributed by atoms with Gasteiger partial charge in [0.1, 0.15) is 5.75 Å². The topological polar surface area (TPSA) is 102 Å². The first-order chi connectivity index (χ1) is 12.9. The molecule has 1 saturated heterocycles. The fourth-order valence-electron chi connectivity index (χ4n) is 2.99. The number of hydrogen-bond donors (Lipinski definition) is 2. The van der Waals surface area contributed by atoms with Crippen molar-refractivity contribution in [2.24, 2.45) is 5.73 Å². The van der Waals surface area contributed by atoms with Gasteiger partial charge in [-0.1, -0.05) is 12.1 Å². The lowest BCUT2D eigenvalue weighted by Gasteiger charge is -2.30. The van der Waals surface area contributed by atoms with E-state index in [1.54, 1.807) is 41.3 Å². The van der Waals surface area contributed by atoms with Gasteiger partial charge in [0.25, 0.3) is 15.9 Å². The molecule has 2 aromatic carbocycles. The van der Waals surface area contributed by atoms with Gasteiger partial charge in [-0.2, -0.15) is 0 Å². The Balaban J connectivity index is 1.83. The van der Waals surface area contributed by atoms with Gasteiger partial charge >= 0.3 is 0 Å². The van der Waals surface area contributed by atoms with Crippen LogP contribution in [0.25, 0.3) is 0 Å². The number of amides is 1. The van der Waals surface area contributed by atoms with E-state index in [1.807, 2.05) is 0 Å². The number of nitrogens with zero attached hydrogens (tertiary/aromatic N) is 1. The fourth-order valence-corrected chi connectivity index (χ4v) is 4.07. The van der Waals surface area contributed by atoms with Crippen LogP contribution in [0.5, 0.6) is 5.75 Å². The molecule has 8 heteroatoms. The second-order valence-corrected chi connectivity index (χ2v) is 8.14. The van der Waals surface area contributed by atoms with Gasteiger partial charge in [0.15, 0.2) is 0 Å². The maximum Gasteiger partial charge on any atom is 0.261 e. The van der Waals surface area contributed by atoms with Gasteiger partial charge in [-0.15, -0.1) is 0 Å². The lowest BCUT2D eigenvalue weighted by atomic mass is 10.0. The summed E-state index contributed by atoms with van der Waals surface area (Å²) < 4.78 is 33.0. The standard InChI is InChI=1S/C19H23N3O4S/c1-26-15-6-8-16(9-7-15)27(24,25)21-18-5-3-2-4-17(18)19(23)22-12-10-14(20)11-13-22/h2-9,14,21H,10-13,20H2,1H3. The number of hydrogen-bond acceptors (Lipinski definition) is 5. The lowest BCUT2D eigenvalue weighted by molar-refractivity contribution is 0.0716. The molecule has 1 heterocycles. The molecular weight excluding hydrogens is 366 g/mol. The molecule has 0 spiro atoms. The smallest absolute Gasteiger partial charge is 0.261 e. The second-order valence-electron chi connectivity index (χ2n) is 6.46. The van der Waals surface area contributed by atoms with E-state index >= 15 is 0 Å². The van der Waals surface area contributed by atoms with Crippen molar-refractivity contribution in [2.75, 3.05) is 24.9 Å². The SMILES string of the molecule is COc1ccc(S(=O)(=O)Nc2ccccc2C(=O)N2CCC(N)CC2)cc1. The number of nitrogens with two attached hydrogens (primary N) is 1. The summed E-state index contributed by atoms with van der Waals surface area (Å²) in [5.41, 5.74) is 6.48. The van der Waals surface area contributed by atoms with E-state index < -0.39 is 10.0 Å². The van der Waals surface area contributed by atoms with E-state index in [2.05, 4.69) is 4.72 Å². The molecule has 0 atom stereocenters. The summed E-state index contributed by atoms with van der Waals surface area (Å²) in [6.07, 6.45) is 1.48. The largest absolute Gasteiger partial charge is 0.497 e. The van der Waals surface area contributed by atoms with E-state index in [1.165, 1.54) is 19.2 Å². The number of carbonyl (C=O) groups excluding carboxylic acids is 1. The molecule has 7 nitrogen and oxygen atoms in total. The van der Waals surface area contributed by atoms with Gasteiger partial charge in [0.05, 0.1) is 23.3 Å². The van der Waals surface area contributed by atoms with Crippen molar-refractivity contribution >= 4 is 21.6 Å². The highest BCUT2D eigenvalue weighted by Crippen LogP contribution is 2.24. The lowest BCUT2D eigenvalue weighted by Crippen LogP contribution is -2.43. The molecule has 1 amide bonds. The van der Waals surface area contributed by atoms with Crippen LogP contribution in [0, 0.1) is 0 Å². The zero-order valence-corrected chi connectivity index (χ0v) is 15.9. The summed E-state index contributed by atoms with van der Waals surface area (Å²) in [4.78, 5) is 14.7. The third-order valence-electron chi connectivity index (χ3n) is 4.60. The number of piperidine rings is 1. The van der Waals surface area contributed by atoms with Gasteiger partial charge in [-0.25, -0.2) is 8.42 Å². The molecule has 27 heavy (non-hydrogen) atoms. The average Bonchev–Trinajstić information content (AvgIpc) is 2.68. The Bertz CT molecular complexity index is 905. The molecule has 3 rings (SSSR count). The number of carbonyl (C=O) groups is 1. The molecule has 144 valence electrons. The molecule has 2 aromatic rings. The molecular formula is C19H23N3O4S. The Morgan fingerprint density at radius 3 is 2.37 bits per heavy atom. The van der Waals surface area contributed by atoms with E-state index in [0.29, 0.717) is 24.4 Å². The Kier molecular flexibility index (Phi) is 5.67. The minimum atomic E-state index is -3.83. The number of likely N-dealkylation sites (tertiary alicyclic amines) is 1. The van der Waals surface area contributed by atoms with E-state index in [-0.39, 0.29) is 22.5 Å². The first kappa shape index (κ1) is 19.2. The van der Waals surface area contributed by atoms with Crippen LogP contribution in [0.4, 0.5) is 5.69 Å². The zero-order valence-electron chi connectivity index (χ0n) is 15.1. The number of ether oxygens (including phenoxy) is 1. The third-order valence-corrected chi connectivity index (χ3v) is 5.98. The fraction of sp³-hybridized carbons (Fsp3) is 0.316. The minimum Gasteiger partial charge on any atom is -0.497 e. The normalized spacial score (nSPS) is 15.4. The molecule has 0 unspecified atom stereocenters. The number of nitrogens with one attached hydrogen (secondary N) is 1. The summed E-state index contributed by atoms with van der Waals surface area (Å²) in [5.74, 6) is 0.364. The summed E-state index contributed by atoms with van der Waals surface area (Å²) >= 11 is 0. The molecule has 0 saturated carbocycles. The van der Waals surface area contributed by atoms with Crippen molar-refractivity contribution in [1.82, 2.24) is 4.90 Å². The number of anilines is 1. The number of benzene rings is 2. The van der Waals surface area contributed by atoms with Gasteiger partial charge in [-0.3, -0.25) is 9.52 Å². The van der Waals surface area contributed by atoms with E-state index in [0.717, 1.165) is 12.8 Å². The highest BCUT2D eigenvalue weighted by atomic mass is 32.2. The van der Waals surface area contributed by atoms with Crippen molar-refractivity contribution in [3.63, 3.8) is 0 Å². The molecule has 1 fully saturated rings. The maximum absolute atomic E-state index is 12.9. The minimum absolute atomic E-state index is 0.0921. The van der Waals surface area contributed by atoms with Crippen LogP contribution in [0.15, 0.2) is 53.4 Å². The van der Waals surface area contributed by atoms with E-state index in [4.69, 9.17) is 10.5 Å². The number of methoxy groups -OCH3 is 1. The van der Waals surface area contributed by atoms with Crippen LogP contribution in [-0.2, 0) is 10.0 Å². The zero-order chi connectivity index (χ0) is 19.4. The maximum atomic E-state index is 12.9. The van der Waals surface area contributed by atoms with Crippen molar-refractivity contribution in [1.29, 1.82) is 0 Å². The van der Waals surface area contributed by atoms with Gasteiger partial charge in [-0.05, 0) is 49.2 Å². The number of rotatable bonds is 5. The van der Waals surface area contributed by atoms with Crippen LogP contribution >= 0.6 is 0 Å². The number of sulfonamides is 1. The first-order valence-corrected chi connectivity index (χ1v) is 10.2. The summed E-state index contributed by atoms with van der Waals surface area (Å²) in [5, 5.41) is 0. The van der Waals surface area contributed by atoms with Crippen LogP contribution in [0.1, 0.15) is 23.2 Å². The molecule has 3 N–H and O–H groups in total. The van der Waals surface area contributed by atoms with Crippen molar-refractivity contribution in [3.05, 3.63) is 54.1 Å². The highest BCUT2D eigenvalue weighted by molar-refractivity contribution is 7.92. The van der Waals surface area contributed by atoms with Gasteiger partial charge in [0.2, 0.25) is 0 Å². The molecule has 0 radical (unpaired) electrons. The van der Waals surface area contributed by atoms with Crippen molar-refractivity contribution in [2.45, 2.75) is 23.8 Å². The summed E-state index contributed by atoms with van der Waals surface area (Å²) in [7, 11) is -2.32. The van der Waals surface area contributed by atoms with Crippen LogP contribution in [0.3, 0.4) is 0 Å². The summed E-state index contributed by atoms with van der Waals surface area (Å²) in [6, 6.07) is 12.8. The molecule has 1 aliphatic rings. The Morgan fingerprint density at radius 1 is 1.11 bits per heavy atom. The van der Waals surface area contributed by atoms with E-state index in [9.17, 15) is 13.2 Å². The summed E-state index contributed by atoms with van der Waals surface area (Å²) in [6.45, 7) is 1.14. The predicted octanol–water partition coefficient (Wildman–Crippen LogP) is 2.06. The van der Waals surface area contributed by atoms with Gasteiger partial charge in [0, 0.05) is 19.1 Å². The molecule has 0 bridgehead atoms. The third kappa shape index (κ3) is 4.40. The van der Waals surface area contributed by atoms with Crippen molar-refractivity contribution in [3.8, 4) is 5.75 Å². The van der Waals surface area contributed by atoms with Crippen molar-refractivity contribution < 1.29 is 17.9 Å². The second kappa shape index (κ2) is 7.98. The average molecular weight is 389 g/mol. The Labute approximate surface area is 159 Å². The monoisotopic (exact) mass is 389 g/mol. The molecule has 1 aliphatic heterocycles. The van der Waals surface area contributed by atoms with Crippen LogP contribution in [0.2, 0.25) is 0 Å².